The lowest BCUT2D eigenvalue weighted by Gasteiger charge is -2.13. The number of nitrogens with two attached hydrogens (primary N) is 1. The summed E-state index contributed by atoms with van der Waals surface area (Å²) in [5.74, 6) is -0.166. The van der Waals surface area contributed by atoms with Crippen LogP contribution in [0.5, 0.6) is 0 Å². The predicted molar refractivity (Wildman–Crippen MR) is 63.0 cm³/mol. The Morgan fingerprint density at radius 3 is 2.31 bits per heavy atom. The van der Waals surface area contributed by atoms with Gasteiger partial charge in [-0.1, -0.05) is 13.3 Å². The highest BCUT2D eigenvalue weighted by Gasteiger charge is 2.11. The summed E-state index contributed by atoms with van der Waals surface area (Å²) in [6.07, 6.45) is 1.56. The molecule has 6 nitrogen and oxygen atoms in total. The average molecular weight is 230 g/mol. The van der Waals surface area contributed by atoms with Crippen molar-refractivity contribution in [2.75, 3.05) is 27.2 Å². The second-order valence-electron chi connectivity index (χ2n) is 3.81. The molecular formula is C10H22N4O2. The summed E-state index contributed by atoms with van der Waals surface area (Å²) in [5.41, 5.74) is 5.61. The molecule has 0 aliphatic heterocycles. The number of urea groups is 1. The van der Waals surface area contributed by atoms with Crippen LogP contribution in [-0.2, 0) is 4.79 Å². The predicted octanol–water partition coefficient (Wildman–Crippen LogP) is -0.499. The van der Waals surface area contributed by atoms with Crippen molar-refractivity contribution >= 4 is 11.9 Å². The van der Waals surface area contributed by atoms with Crippen LogP contribution in [0.4, 0.5) is 4.79 Å². The summed E-state index contributed by atoms with van der Waals surface area (Å²) < 4.78 is 0. The first-order chi connectivity index (χ1) is 7.49. The summed E-state index contributed by atoms with van der Waals surface area (Å²) in [4.78, 5) is 23.9. The monoisotopic (exact) mass is 230 g/mol. The Morgan fingerprint density at radius 1 is 1.25 bits per heavy atom. The van der Waals surface area contributed by atoms with Crippen molar-refractivity contribution in [2.45, 2.75) is 25.8 Å². The standard InChI is InChI=1S/C10H22N4O2/c1-4-5-8(11)9(15)12-6-7-13-10(16)14(2)3/h8H,4-7,11H2,1-3H3,(H,12,15)(H,13,16). The van der Waals surface area contributed by atoms with Crippen LogP contribution in [0.15, 0.2) is 0 Å². The zero-order valence-electron chi connectivity index (χ0n) is 10.2. The van der Waals surface area contributed by atoms with Crippen LogP contribution in [0.1, 0.15) is 19.8 Å². The Bertz CT molecular complexity index is 231. The second kappa shape index (κ2) is 7.92. The number of carbonyl (C=O) groups excluding carboxylic acids is 2. The van der Waals surface area contributed by atoms with Gasteiger partial charge in [-0.15, -0.1) is 0 Å². The van der Waals surface area contributed by atoms with E-state index in [2.05, 4.69) is 10.6 Å². The van der Waals surface area contributed by atoms with Crippen molar-refractivity contribution < 1.29 is 9.59 Å². The first kappa shape index (κ1) is 14.7. The molecule has 0 aromatic carbocycles. The molecule has 0 heterocycles. The van der Waals surface area contributed by atoms with E-state index >= 15 is 0 Å². The highest BCUT2D eigenvalue weighted by molar-refractivity contribution is 5.81. The van der Waals surface area contributed by atoms with Gasteiger partial charge in [0.1, 0.15) is 0 Å². The highest BCUT2D eigenvalue weighted by atomic mass is 16.2. The van der Waals surface area contributed by atoms with Gasteiger partial charge in [0.05, 0.1) is 6.04 Å². The lowest BCUT2D eigenvalue weighted by atomic mass is 10.2. The smallest absolute Gasteiger partial charge is 0.316 e. The van der Waals surface area contributed by atoms with Gasteiger partial charge in [-0.2, -0.15) is 0 Å². The zero-order chi connectivity index (χ0) is 12.6. The number of hydrogen-bond acceptors (Lipinski definition) is 3. The Morgan fingerprint density at radius 2 is 1.81 bits per heavy atom. The molecule has 0 radical (unpaired) electrons. The van der Waals surface area contributed by atoms with Gasteiger partial charge in [0.25, 0.3) is 0 Å². The van der Waals surface area contributed by atoms with Gasteiger partial charge in [0, 0.05) is 27.2 Å². The van der Waals surface area contributed by atoms with E-state index in [1.54, 1.807) is 14.1 Å². The molecule has 0 aliphatic rings. The first-order valence-corrected chi connectivity index (χ1v) is 5.47. The van der Waals surface area contributed by atoms with E-state index in [1.165, 1.54) is 4.90 Å². The molecule has 0 saturated heterocycles. The van der Waals surface area contributed by atoms with Crippen LogP contribution in [-0.4, -0.2) is 50.1 Å². The number of rotatable bonds is 6. The van der Waals surface area contributed by atoms with Crippen LogP contribution in [0.25, 0.3) is 0 Å². The molecule has 0 rings (SSSR count). The number of carbonyl (C=O) groups is 2. The Hall–Kier alpha value is -1.30. The van der Waals surface area contributed by atoms with E-state index in [4.69, 9.17) is 5.73 Å². The fourth-order valence-electron chi connectivity index (χ4n) is 1.09. The van der Waals surface area contributed by atoms with Gasteiger partial charge in [-0.3, -0.25) is 4.79 Å². The van der Waals surface area contributed by atoms with E-state index in [0.29, 0.717) is 19.5 Å². The molecule has 0 fully saturated rings. The summed E-state index contributed by atoms with van der Waals surface area (Å²) >= 11 is 0. The Labute approximate surface area is 96.5 Å². The number of nitrogens with one attached hydrogen (secondary N) is 2. The first-order valence-electron chi connectivity index (χ1n) is 5.47. The molecule has 1 unspecified atom stereocenters. The summed E-state index contributed by atoms with van der Waals surface area (Å²) in [6, 6.07) is -0.623. The van der Waals surface area contributed by atoms with Gasteiger partial charge in [-0.05, 0) is 6.42 Å². The minimum absolute atomic E-state index is 0.166. The minimum atomic E-state index is -0.449. The fraction of sp³-hybridized carbons (Fsp3) is 0.800. The van der Waals surface area contributed by atoms with Gasteiger partial charge in [-0.25, -0.2) is 4.79 Å². The van der Waals surface area contributed by atoms with Crippen molar-refractivity contribution in [2.24, 2.45) is 5.73 Å². The molecule has 0 spiro atoms. The van der Waals surface area contributed by atoms with Gasteiger partial charge < -0.3 is 21.3 Å². The molecule has 0 bridgehead atoms. The molecular weight excluding hydrogens is 208 g/mol. The van der Waals surface area contributed by atoms with Crippen molar-refractivity contribution in [1.82, 2.24) is 15.5 Å². The van der Waals surface area contributed by atoms with Gasteiger partial charge >= 0.3 is 6.03 Å². The maximum absolute atomic E-state index is 11.4. The van der Waals surface area contributed by atoms with E-state index < -0.39 is 6.04 Å². The molecule has 0 saturated carbocycles. The molecule has 6 heteroatoms. The normalized spacial score (nSPS) is 11.8. The van der Waals surface area contributed by atoms with Crippen LogP contribution >= 0.6 is 0 Å². The van der Waals surface area contributed by atoms with Crippen LogP contribution in [0.2, 0.25) is 0 Å². The van der Waals surface area contributed by atoms with Gasteiger partial charge in [0.15, 0.2) is 0 Å². The largest absolute Gasteiger partial charge is 0.353 e. The van der Waals surface area contributed by atoms with Crippen molar-refractivity contribution in [3.05, 3.63) is 0 Å². The lowest BCUT2D eigenvalue weighted by Crippen LogP contribution is -2.44. The molecule has 94 valence electrons. The van der Waals surface area contributed by atoms with Crippen LogP contribution < -0.4 is 16.4 Å². The van der Waals surface area contributed by atoms with Crippen molar-refractivity contribution in [1.29, 1.82) is 0 Å². The highest BCUT2D eigenvalue weighted by Crippen LogP contribution is 1.92. The van der Waals surface area contributed by atoms with Gasteiger partial charge in [0.2, 0.25) is 5.91 Å². The summed E-state index contributed by atoms with van der Waals surface area (Å²) in [5, 5.41) is 5.30. The SMILES string of the molecule is CCCC(N)C(=O)NCCNC(=O)N(C)C. The lowest BCUT2D eigenvalue weighted by molar-refractivity contribution is -0.122. The van der Waals surface area contributed by atoms with E-state index in [9.17, 15) is 9.59 Å². The topological polar surface area (TPSA) is 87.5 Å². The second-order valence-corrected chi connectivity index (χ2v) is 3.81. The number of amides is 3. The van der Waals surface area contributed by atoms with Crippen molar-refractivity contribution in [3.63, 3.8) is 0 Å². The van der Waals surface area contributed by atoms with E-state index in [0.717, 1.165) is 6.42 Å². The zero-order valence-corrected chi connectivity index (χ0v) is 10.2. The molecule has 4 N–H and O–H groups in total. The average Bonchev–Trinajstić information content (AvgIpc) is 2.23. The summed E-state index contributed by atoms with van der Waals surface area (Å²) in [6.45, 7) is 2.78. The minimum Gasteiger partial charge on any atom is -0.353 e. The third kappa shape index (κ3) is 6.23. The molecule has 3 amide bonds. The fourth-order valence-corrected chi connectivity index (χ4v) is 1.09. The maximum Gasteiger partial charge on any atom is 0.316 e. The number of nitrogens with zero attached hydrogens (tertiary/aromatic N) is 1. The number of hydrogen-bond donors (Lipinski definition) is 3. The van der Waals surface area contributed by atoms with Crippen molar-refractivity contribution in [3.8, 4) is 0 Å². The van der Waals surface area contributed by atoms with Crippen LogP contribution in [0, 0.1) is 0 Å². The van der Waals surface area contributed by atoms with E-state index in [1.807, 2.05) is 6.92 Å². The Balaban J connectivity index is 3.59. The third-order valence-electron chi connectivity index (χ3n) is 2.04. The maximum atomic E-state index is 11.4. The molecule has 0 aromatic rings. The van der Waals surface area contributed by atoms with Crippen LogP contribution in [0.3, 0.4) is 0 Å². The Kier molecular flexibility index (Phi) is 7.28. The third-order valence-corrected chi connectivity index (χ3v) is 2.04. The van der Waals surface area contributed by atoms with E-state index in [-0.39, 0.29) is 11.9 Å². The quantitative estimate of drug-likeness (QED) is 0.538. The summed E-state index contributed by atoms with van der Waals surface area (Å²) in [7, 11) is 3.32. The molecule has 0 aliphatic carbocycles. The molecule has 16 heavy (non-hydrogen) atoms. The molecule has 0 aromatic heterocycles. The molecule has 1 atom stereocenters.